The minimum Gasteiger partial charge on any atom is -0.510 e. The van der Waals surface area contributed by atoms with E-state index < -0.39 is 27.4 Å². The number of amides is 1. The highest BCUT2D eigenvalue weighted by Gasteiger charge is 2.16. The van der Waals surface area contributed by atoms with E-state index in [-0.39, 0.29) is 22.0 Å². The third kappa shape index (κ3) is 8.02. The van der Waals surface area contributed by atoms with Gasteiger partial charge in [-0.05, 0) is 73.7 Å². The summed E-state index contributed by atoms with van der Waals surface area (Å²) in [5.74, 6) is -3.11. The number of ether oxygens (including phenoxy) is 1. The number of azo groups is 1. The van der Waals surface area contributed by atoms with E-state index >= 15 is 0 Å². The lowest BCUT2D eigenvalue weighted by atomic mass is 10.3. The van der Waals surface area contributed by atoms with Gasteiger partial charge in [0.15, 0.2) is 5.70 Å². The summed E-state index contributed by atoms with van der Waals surface area (Å²) >= 11 is 0.348. The number of aliphatic hydroxyl groups is 1. The number of aliphatic hydroxyl groups excluding tert-OH is 1. The SMILES string of the molecule is COc1ccc(NC(=O)/C(N=Nc2cccc(S(=O)(=O)Nc3ccc(SC(F)F)cc3)c2)=C(/C)O)cc1. The van der Waals surface area contributed by atoms with E-state index in [1.807, 2.05) is 0 Å². The number of thioether (sulfide) groups is 1. The Morgan fingerprint density at radius 3 is 2.27 bits per heavy atom. The van der Waals surface area contributed by atoms with Crippen molar-refractivity contribution < 1.29 is 31.8 Å². The Balaban J connectivity index is 1.74. The Morgan fingerprint density at radius 2 is 1.68 bits per heavy atom. The number of rotatable bonds is 10. The second-order valence-electron chi connectivity index (χ2n) is 7.32. The molecule has 194 valence electrons. The Kier molecular flexibility index (Phi) is 9.20. The predicted molar refractivity (Wildman–Crippen MR) is 137 cm³/mol. The Bertz CT molecular complexity index is 1410. The van der Waals surface area contributed by atoms with Crippen LogP contribution in [0.3, 0.4) is 0 Å². The van der Waals surface area contributed by atoms with Crippen LogP contribution >= 0.6 is 11.8 Å². The first kappa shape index (κ1) is 27.6. The van der Waals surface area contributed by atoms with Crippen LogP contribution in [0.4, 0.5) is 25.8 Å². The van der Waals surface area contributed by atoms with Crippen LogP contribution in [0.2, 0.25) is 0 Å². The summed E-state index contributed by atoms with van der Waals surface area (Å²) in [6.45, 7) is 1.26. The number of methoxy groups -OCH3 is 1. The van der Waals surface area contributed by atoms with Gasteiger partial charge in [-0.15, -0.1) is 5.11 Å². The lowest BCUT2D eigenvalue weighted by Crippen LogP contribution is -2.14. The van der Waals surface area contributed by atoms with E-state index in [9.17, 15) is 27.1 Å². The number of nitrogens with one attached hydrogen (secondary N) is 2. The van der Waals surface area contributed by atoms with Gasteiger partial charge in [-0.3, -0.25) is 9.52 Å². The highest BCUT2D eigenvalue weighted by molar-refractivity contribution is 7.99. The molecule has 0 aliphatic heterocycles. The molecule has 9 nitrogen and oxygen atoms in total. The lowest BCUT2D eigenvalue weighted by Gasteiger charge is -2.09. The van der Waals surface area contributed by atoms with Crippen molar-refractivity contribution in [2.75, 3.05) is 17.1 Å². The molecular formula is C24H22F2N4O5S2. The first-order valence-corrected chi connectivity index (χ1v) is 12.9. The Hall–Kier alpha value is -3.97. The van der Waals surface area contributed by atoms with Crippen molar-refractivity contribution in [1.29, 1.82) is 0 Å². The third-order valence-electron chi connectivity index (χ3n) is 4.63. The monoisotopic (exact) mass is 548 g/mol. The van der Waals surface area contributed by atoms with Crippen molar-refractivity contribution in [1.82, 2.24) is 0 Å². The van der Waals surface area contributed by atoms with Crippen molar-refractivity contribution in [3.05, 3.63) is 84.3 Å². The summed E-state index contributed by atoms with van der Waals surface area (Å²) in [6.07, 6.45) is 0. The van der Waals surface area contributed by atoms with Crippen LogP contribution in [-0.2, 0) is 14.8 Å². The van der Waals surface area contributed by atoms with Gasteiger partial charge >= 0.3 is 0 Å². The number of halogens is 2. The number of sulfonamides is 1. The molecule has 37 heavy (non-hydrogen) atoms. The number of carbonyl (C=O) groups is 1. The Labute approximate surface area is 216 Å². The van der Waals surface area contributed by atoms with Crippen LogP contribution in [0.15, 0.2) is 104 Å². The quantitative estimate of drug-likeness (QED) is 0.118. The Morgan fingerprint density at radius 1 is 1.03 bits per heavy atom. The summed E-state index contributed by atoms with van der Waals surface area (Å²) in [5, 5.41) is 20.2. The average Bonchev–Trinajstić information content (AvgIpc) is 2.85. The summed E-state index contributed by atoms with van der Waals surface area (Å²) < 4.78 is 57.9. The van der Waals surface area contributed by atoms with E-state index in [1.54, 1.807) is 24.3 Å². The number of allylic oxidation sites excluding steroid dienone is 1. The van der Waals surface area contributed by atoms with Gasteiger partial charge in [-0.2, -0.15) is 13.9 Å². The minimum atomic E-state index is -4.05. The van der Waals surface area contributed by atoms with Crippen molar-refractivity contribution in [3.8, 4) is 5.75 Å². The van der Waals surface area contributed by atoms with Gasteiger partial charge in [0.05, 0.1) is 17.7 Å². The van der Waals surface area contributed by atoms with E-state index in [0.29, 0.717) is 28.1 Å². The lowest BCUT2D eigenvalue weighted by molar-refractivity contribution is -0.113. The topological polar surface area (TPSA) is 129 Å². The van der Waals surface area contributed by atoms with Crippen LogP contribution in [-0.4, -0.2) is 32.3 Å². The van der Waals surface area contributed by atoms with Crippen LogP contribution in [0.5, 0.6) is 5.75 Å². The zero-order valence-electron chi connectivity index (χ0n) is 19.6. The van der Waals surface area contributed by atoms with Crippen LogP contribution in [0.1, 0.15) is 6.92 Å². The molecule has 3 aromatic rings. The fourth-order valence-electron chi connectivity index (χ4n) is 2.89. The smallest absolute Gasteiger partial charge is 0.288 e. The van der Waals surface area contributed by atoms with E-state index in [4.69, 9.17) is 4.74 Å². The molecule has 0 aliphatic rings. The molecule has 1 amide bonds. The van der Waals surface area contributed by atoms with Gasteiger partial charge in [0.2, 0.25) is 0 Å². The number of anilines is 2. The first-order chi connectivity index (χ1) is 17.6. The number of carbonyl (C=O) groups excluding carboxylic acids is 1. The summed E-state index contributed by atoms with van der Waals surface area (Å²) in [4.78, 5) is 12.7. The van der Waals surface area contributed by atoms with Gasteiger partial charge in [-0.25, -0.2) is 8.42 Å². The third-order valence-corrected chi connectivity index (χ3v) is 6.73. The maximum absolute atomic E-state index is 12.8. The van der Waals surface area contributed by atoms with Gasteiger partial charge in [-0.1, -0.05) is 17.8 Å². The standard InChI is InChI=1S/C24H22F2N4O5S2/c1-15(31)22(23(32)27-16-6-10-19(35-2)11-7-16)29-28-18-4-3-5-21(14-18)37(33,34)30-17-8-12-20(13-9-17)36-24(25)26/h3-14,24,30-31H,1-2H3,(H,27,32)/b22-15+,29-28?. The van der Waals surface area contributed by atoms with Crippen LogP contribution in [0.25, 0.3) is 0 Å². The largest absolute Gasteiger partial charge is 0.510 e. The van der Waals surface area contributed by atoms with Crippen LogP contribution in [0, 0.1) is 0 Å². The molecule has 3 rings (SSSR count). The minimum absolute atomic E-state index is 0.0996. The molecule has 13 heteroatoms. The normalized spacial score (nSPS) is 12.4. The van der Waals surface area contributed by atoms with Gasteiger partial charge < -0.3 is 15.2 Å². The summed E-state index contributed by atoms with van der Waals surface area (Å²) in [5.41, 5.74) is 0.341. The number of benzene rings is 3. The fourth-order valence-corrected chi connectivity index (χ4v) is 4.48. The van der Waals surface area contributed by atoms with Crippen molar-refractivity contribution in [2.45, 2.75) is 22.5 Å². The molecule has 0 aliphatic carbocycles. The zero-order chi connectivity index (χ0) is 27.0. The number of nitrogens with zero attached hydrogens (tertiary/aromatic N) is 2. The van der Waals surface area contributed by atoms with Crippen molar-refractivity contribution in [3.63, 3.8) is 0 Å². The van der Waals surface area contributed by atoms with Crippen molar-refractivity contribution in [2.24, 2.45) is 10.2 Å². The molecule has 0 heterocycles. The zero-order valence-corrected chi connectivity index (χ0v) is 21.2. The van der Waals surface area contributed by atoms with Gasteiger partial charge in [0, 0.05) is 16.3 Å². The second-order valence-corrected chi connectivity index (χ2v) is 10.1. The molecule has 0 fully saturated rings. The molecule has 3 N–H and O–H groups in total. The van der Waals surface area contributed by atoms with Crippen LogP contribution < -0.4 is 14.8 Å². The first-order valence-electron chi connectivity index (χ1n) is 10.5. The van der Waals surface area contributed by atoms with E-state index in [0.717, 1.165) is 0 Å². The van der Waals surface area contributed by atoms with Gasteiger partial charge in [0.25, 0.3) is 21.7 Å². The highest BCUT2D eigenvalue weighted by atomic mass is 32.2. The molecule has 0 saturated carbocycles. The van der Waals surface area contributed by atoms with Crippen molar-refractivity contribution >= 4 is 44.8 Å². The molecule has 0 radical (unpaired) electrons. The number of hydrogen-bond acceptors (Lipinski definition) is 8. The maximum atomic E-state index is 12.8. The summed E-state index contributed by atoms with van der Waals surface area (Å²) in [7, 11) is -2.54. The number of alkyl halides is 2. The maximum Gasteiger partial charge on any atom is 0.288 e. The highest BCUT2D eigenvalue weighted by Crippen LogP contribution is 2.27. The summed E-state index contributed by atoms with van der Waals surface area (Å²) in [6, 6.07) is 17.4. The predicted octanol–water partition coefficient (Wildman–Crippen LogP) is 6.32. The fraction of sp³-hybridized carbons (Fsp3) is 0.125. The molecular weight excluding hydrogens is 526 g/mol. The molecule has 0 unspecified atom stereocenters. The molecule has 0 atom stereocenters. The molecule has 0 bridgehead atoms. The molecule has 3 aromatic carbocycles. The molecule has 0 spiro atoms. The molecule has 0 aromatic heterocycles. The van der Waals surface area contributed by atoms with Gasteiger partial charge in [0.1, 0.15) is 11.5 Å². The second kappa shape index (κ2) is 12.3. The van der Waals surface area contributed by atoms with E-state index in [2.05, 4.69) is 20.3 Å². The average molecular weight is 549 g/mol. The number of hydrogen-bond donors (Lipinski definition) is 3. The van der Waals surface area contributed by atoms with E-state index in [1.165, 1.54) is 62.6 Å². The molecule has 0 saturated heterocycles.